The number of aromatic nitrogens is 1. The van der Waals surface area contributed by atoms with Crippen molar-refractivity contribution in [2.45, 2.75) is 6.54 Å². The van der Waals surface area contributed by atoms with Gasteiger partial charge in [-0.15, -0.1) is 0 Å². The lowest BCUT2D eigenvalue weighted by molar-refractivity contribution is 0.0950. The Labute approximate surface area is 123 Å². The summed E-state index contributed by atoms with van der Waals surface area (Å²) in [7, 11) is 0. The molecular weight excluding hydrogens is 325 g/mol. The lowest BCUT2D eigenvalue weighted by atomic mass is 10.2. The zero-order valence-corrected chi connectivity index (χ0v) is 11.8. The van der Waals surface area contributed by atoms with Gasteiger partial charge in [0.2, 0.25) is 0 Å². The fourth-order valence-corrected chi connectivity index (χ4v) is 1.96. The predicted molar refractivity (Wildman–Crippen MR) is 74.2 cm³/mol. The third-order valence-electron chi connectivity index (χ3n) is 2.59. The van der Waals surface area contributed by atoms with Crippen molar-refractivity contribution < 1.29 is 9.18 Å². The van der Waals surface area contributed by atoms with Gasteiger partial charge in [0.1, 0.15) is 17.6 Å². The van der Waals surface area contributed by atoms with Crippen LogP contribution in [0.3, 0.4) is 0 Å². The lowest BCUT2D eigenvalue weighted by Crippen LogP contribution is -2.23. The molecule has 0 aliphatic carbocycles. The molecule has 2 aromatic rings. The van der Waals surface area contributed by atoms with Crippen molar-refractivity contribution in [2.75, 3.05) is 0 Å². The fourth-order valence-electron chi connectivity index (χ4n) is 1.55. The van der Waals surface area contributed by atoms with Crippen molar-refractivity contribution in [2.24, 2.45) is 0 Å². The first-order chi connectivity index (χ1) is 9.60. The van der Waals surface area contributed by atoms with Gasteiger partial charge in [0.25, 0.3) is 5.91 Å². The summed E-state index contributed by atoms with van der Waals surface area (Å²) in [6, 6.07) is 9.34. The predicted octanol–water partition coefficient (Wildman–Crippen LogP) is 2.78. The van der Waals surface area contributed by atoms with Crippen molar-refractivity contribution in [3.8, 4) is 6.07 Å². The van der Waals surface area contributed by atoms with Crippen LogP contribution < -0.4 is 5.32 Å². The molecule has 6 heteroatoms. The van der Waals surface area contributed by atoms with E-state index >= 15 is 0 Å². The molecule has 1 aromatic carbocycles. The molecule has 0 unspecified atom stereocenters. The smallest absolute Gasteiger partial charge is 0.253 e. The van der Waals surface area contributed by atoms with E-state index in [1.165, 1.54) is 24.4 Å². The maximum atomic E-state index is 13.5. The quantitative estimate of drug-likeness (QED) is 0.939. The van der Waals surface area contributed by atoms with Gasteiger partial charge < -0.3 is 5.32 Å². The van der Waals surface area contributed by atoms with Gasteiger partial charge in [0.05, 0.1) is 5.56 Å². The van der Waals surface area contributed by atoms with Gasteiger partial charge in [-0.2, -0.15) is 5.26 Å². The zero-order valence-electron chi connectivity index (χ0n) is 10.2. The number of nitrogens with one attached hydrogen (secondary N) is 1. The molecule has 0 atom stereocenters. The van der Waals surface area contributed by atoms with Gasteiger partial charge in [0, 0.05) is 22.8 Å². The number of nitriles is 1. The summed E-state index contributed by atoms with van der Waals surface area (Å²) >= 11 is 3.24. The zero-order chi connectivity index (χ0) is 14.5. The van der Waals surface area contributed by atoms with Crippen LogP contribution in [-0.2, 0) is 6.54 Å². The van der Waals surface area contributed by atoms with Crippen LogP contribution in [0.15, 0.2) is 41.0 Å². The van der Waals surface area contributed by atoms with Gasteiger partial charge in [-0.3, -0.25) is 4.79 Å². The summed E-state index contributed by atoms with van der Waals surface area (Å²) in [5.41, 5.74) is 0.938. The first-order valence-electron chi connectivity index (χ1n) is 5.68. The van der Waals surface area contributed by atoms with E-state index in [4.69, 9.17) is 5.26 Å². The van der Waals surface area contributed by atoms with E-state index < -0.39 is 0 Å². The Bertz CT molecular complexity index is 680. The summed E-state index contributed by atoms with van der Waals surface area (Å²) in [6.45, 7) is 0.0735. The minimum Gasteiger partial charge on any atom is -0.348 e. The topological polar surface area (TPSA) is 65.8 Å². The Morgan fingerprint density at radius 1 is 1.40 bits per heavy atom. The normalized spacial score (nSPS) is 9.85. The van der Waals surface area contributed by atoms with Crippen LogP contribution in [0.2, 0.25) is 0 Å². The highest BCUT2D eigenvalue weighted by molar-refractivity contribution is 9.10. The van der Waals surface area contributed by atoms with Gasteiger partial charge in [-0.05, 0) is 30.3 Å². The Hall–Kier alpha value is -2.26. The average molecular weight is 334 g/mol. The third-order valence-corrected chi connectivity index (χ3v) is 3.08. The van der Waals surface area contributed by atoms with Crippen molar-refractivity contribution in [1.29, 1.82) is 5.26 Å². The molecule has 2 rings (SSSR count). The second kappa shape index (κ2) is 6.26. The first-order valence-corrected chi connectivity index (χ1v) is 6.47. The average Bonchev–Trinajstić information content (AvgIpc) is 2.48. The van der Waals surface area contributed by atoms with Crippen molar-refractivity contribution in [1.82, 2.24) is 10.3 Å². The van der Waals surface area contributed by atoms with E-state index in [-0.39, 0.29) is 24.0 Å². The Balaban J connectivity index is 2.04. The molecule has 0 radical (unpaired) electrons. The minimum atomic E-state index is -0.383. The number of carbonyl (C=O) groups is 1. The molecule has 1 amide bonds. The lowest BCUT2D eigenvalue weighted by Gasteiger charge is -2.06. The molecule has 0 spiro atoms. The minimum absolute atomic E-state index is 0.0735. The van der Waals surface area contributed by atoms with Crippen molar-refractivity contribution in [3.63, 3.8) is 0 Å². The van der Waals surface area contributed by atoms with Crippen LogP contribution in [0.25, 0.3) is 0 Å². The summed E-state index contributed by atoms with van der Waals surface area (Å²) < 4.78 is 14.2. The molecule has 1 N–H and O–H groups in total. The molecule has 0 aliphatic heterocycles. The number of hydrogen-bond acceptors (Lipinski definition) is 3. The van der Waals surface area contributed by atoms with Crippen LogP contribution in [0.1, 0.15) is 21.6 Å². The number of halogens is 2. The SMILES string of the molecule is N#Cc1ccc(C(=O)NCc2cc(Br)ccc2F)cn1. The summed E-state index contributed by atoms with van der Waals surface area (Å²) in [5, 5.41) is 11.2. The van der Waals surface area contributed by atoms with Crippen LogP contribution in [0, 0.1) is 17.1 Å². The number of benzene rings is 1. The van der Waals surface area contributed by atoms with E-state index in [0.717, 1.165) is 4.47 Å². The number of hydrogen-bond donors (Lipinski definition) is 1. The molecule has 0 saturated carbocycles. The first kappa shape index (κ1) is 14.2. The van der Waals surface area contributed by atoms with Crippen LogP contribution in [0.4, 0.5) is 4.39 Å². The molecule has 20 heavy (non-hydrogen) atoms. The van der Waals surface area contributed by atoms with E-state index in [1.54, 1.807) is 12.1 Å². The monoisotopic (exact) mass is 333 g/mol. The Morgan fingerprint density at radius 2 is 2.20 bits per heavy atom. The molecule has 0 aliphatic rings. The third kappa shape index (κ3) is 3.39. The standard InChI is InChI=1S/C14H9BrFN3O/c15-11-2-4-13(16)10(5-11)8-19-14(20)9-1-3-12(6-17)18-7-9/h1-5,7H,8H2,(H,19,20). The number of pyridine rings is 1. The Kier molecular flexibility index (Phi) is 4.43. The molecule has 0 fully saturated rings. The van der Waals surface area contributed by atoms with Crippen LogP contribution >= 0.6 is 15.9 Å². The molecule has 100 valence electrons. The van der Waals surface area contributed by atoms with E-state index in [2.05, 4.69) is 26.2 Å². The maximum absolute atomic E-state index is 13.5. The van der Waals surface area contributed by atoms with Crippen molar-refractivity contribution in [3.05, 3.63) is 63.6 Å². The van der Waals surface area contributed by atoms with Crippen LogP contribution in [0.5, 0.6) is 0 Å². The van der Waals surface area contributed by atoms with Gasteiger partial charge in [0.15, 0.2) is 0 Å². The number of rotatable bonds is 3. The van der Waals surface area contributed by atoms with Gasteiger partial charge >= 0.3 is 0 Å². The van der Waals surface area contributed by atoms with Crippen molar-refractivity contribution >= 4 is 21.8 Å². The number of nitrogens with zero attached hydrogens (tertiary/aromatic N) is 2. The highest BCUT2D eigenvalue weighted by Crippen LogP contribution is 2.15. The molecular formula is C14H9BrFN3O. The molecule has 1 aromatic heterocycles. The number of amides is 1. The van der Waals surface area contributed by atoms with E-state index in [9.17, 15) is 9.18 Å². The largest absolute Gasteiger partial charge is 0.348 e. The highest BCUT2D eigenvalue weighted by atomic mass is 79.9. The highest BCUT2D eigenvalue weighted by Gasteiger charge is 2.08. The second-order valence-electron chi connectivity index (χ2n) is 3.96. The maximum Gasteiger partial charge on any atom is 0.253 e. The molecule has 1 heterocycles. The summed E-state index contributed by atoms with van der Waals surface area (Å²) in [5.74, 6) is -0.757. The van der Waals surface area contributed by atoms with E-state index in [0.29, 0.717) is 11.1 Å². The summed E-state index contributed by atoms with van der Waals surface area (Å²) in [6.07, 6.45) is 1.31. The fraction of sp³-hybridized carbons (Fsp3) is 0.0714. The molecule has 0 saturated heterocycles. The van der Waals surface area contributed by atoms with Crippen LogP contribution in [-0.4, -0.2) is 10.9 Å². The summed E-state index contributed by atoms with van der Waals surface area (Å²) in [4.78, 5) is 15.6. The van der Waals surface area contributed by atoms with Gasteiger partial charge in [-0.1, -0.05) is 15.9 Å². The molecule has 0 bridgehead atoms. The Morgan fingerprint density at radius 3 is 2.85 bits per heavy atom. The molecule has 4 nitrogen and oxygen atoms in total. The number of carbonyl (C=O) groups excluding carboxylic acids is 1. The van der Waals surface area contributed by atoms with Gasteiger partial charge in [-0.25, -0.2) is 9.37 Å². The van der Waals surface area contributed by atoms with E-state index in [1.807, 2.05) is 6.07 Å². The second-order valence-corrected chi connectivity index (χ2v) is 4.88.